The van der Waals surface area contributed by atoms with Crippen molar-refractivity contribution in [3.05, 3.63) is 118 Å². The highest BCUT2D eigenvalue weighted by molar-refractivity contribution is 6.31. The van der Waals surface area contributed by atoms with Crippen molar-refractivity contribution < 1.29 is 18.2 Å². The molecule has 1 unspecified atom stereocenters. The summed E-state index contributed by atoms with van der Waals surface area (Å²) in [6.07, 6.45) is 9.60. The largest absolute Gasteiger partial charge is 0.618 e. The Hall–Kier alpha value is -5.24. The van der Waals surface area contributed by atoms with Crippen LogP contribution in [0.3, 0.4) is 0 Å². The van der Waals surface area contributed by atoms with E-state index in [2.05, 4.69) is 25.7 Å². The fraction of sp³-hybridized carbons (Fsp3) is 0.207. The molecular formula is C29H25ClF2N10O2. The number of rotatable bonds is 7. The van der Waals surface area contributed by atoms with Crippen molar-refractivity contribution in [2.75, 3.05) is 0 Å². The second-order valence-electron chi connectivity index (χ2n) is 11.2. The van der Waals surface area contributed by atoms with Gasteiger partial charge in [0.2, 0.25) is 5.69 Å². The molecule has 0 N–H and O–H groups in total. The van der Waals surface area contributed by atoms with Crippen molar-refractivity contribution in [3.63, 3.8) is 0 Å². The summed E-state index contributed by atoms with van der Waals surface area (Å²) in [5.74, 6) is -1.28. The lowest BCUT2D eigenvalue weighted by Crippen LogP contribution is -2.37. The van der Waals surface area contributed by atoms with Crippen molar-refractivity contribution in [1.82, 2.24) is 39.8 Å². The lowest BCUT2D eigenvalue weighted by Gasteiger charge is -2.19. The monoisotopic (exact) mass is 618 g/mol. The molecule has 224 valence electrons. The lowest BCUT2D eigenvalue weighted by molar-refractivity contribution is -0.617. The third-order valence-electron chi connectivity index (χ3n) is 7.15. The van der Waals surface area contributed by atoms with E-state index < -0.39 is 23.1 Å². The Labute approximate surface area is 254 Å². The molecule has 12 nitrogen and oxygen atoms in total. The minimum Gasteiger partial charge on any atom is -0.618 e. The molecule has 15 heteroatoms. The van der Waals surface area contributed by atoms with Gasteiger partial charge in [0.05, 0.1) is 47.0 Å². The van der Waals surface area contributed by atoms with Gasteiger partial charge in [0, 0.05) is 35.4 Å². The Morgan fingerprint density at radius 1 is 0.955 bits per heavy atom. The number of halogens is 3. The van der Waals surface area contributed by atoms with E-state index in [1.165, 1.54) is 40.3 Å². The van der Waals surface area contributed by atoms with Gasteiger partial charge in [-0.3, -0.25) is 9.36 Å². The molecular weight excluding hydrogens is 594 g/mol. The van der Waals surface area contributed by atoms with Crippen LogP contribution in [-0.2, 0) is 12.0 Å². The summed E-state index contributed by atoms with van der Waals surface area (Å²) < 4.78 is 34.9. The Morgan fingerprint density at radius 3 is 2.45 bits per heavy atom. The predicted octanol–water partition coefficient (Wildman–Crippen LogP) is 4.17. The molecule has 0 saturated carbocycles. The van der Waals surface area contributed by atoms with Crippen molar-refractivity contribution in [2.45, 2.75) is 38.8 Å². The summed E-state index contributed by atoms with van der Waals surface area (Å²) in [5.41, 5.74) is 2.40. The molecule has 0 bridgehead atoms. The lowest BCUT2D eigenvalue weighted by atomic mass is 9.90. The molecule has 1 atom stereocenters. The Kier molecular flexibility index (Phi) is 7.29. The number of benzene rings is 1. The summed E-state index contributed by atoms with van der Waals surface area (Å²) in [6, 6.07) is 8.77. The van der Waals surface area contributed by atoms with Gasteiger partial charge in [0.1, 0.15) is 6.33 Å². The Bertz CT molecular complexity index is 1970. The molecule has 5 aromatic heterocycles. The summed E-state index contributed by atoms with van der Waals surface area (Å²) in [4.78, 5) is 0. The smallest absolute Gasteiger partial charge is 0.219 e. The van der Waals surface area contributed by atoms with Crippen LogP contribution < -0.4 is 9.46 Å². The third-order valence-corrected chi connectivity index (χ3v) is 7.44. The Morgan fingerprint density at radius 2 is 1.77 bits per heavy atom. The van der Waals surface area contributed by atoms with Gasteiger partial charge in [-0.1, -0.05) is 32.4 Å². The number of hydrogen-bond donors (Lipinski definition) is 0. The van der Waals surface area contributed by atoms with Crippen molar-refractivity contribution in [1.29, 1.82) is 0 Å². The molecule has 0 aliphatic rings. The van der Waals surface area contributed by atoms with Gasteiger partial charge in [0.15, 0.2) is 35.8 Å². The number of tetrazole rings is 1. The summed E-state index contributed by atoms with van der Waals surface area (Å²) in [6.45, 7) is 5.89. The minimum atomic E-state index is -0.756. The second-order valence-corrected chi connectivity index (χ2v) is 11.6. The van der Waals surface area contributed by atoms with Crippen molar-refractivity contribution in [2.24, 2.45) is 0 Å². The summed E-state index contributed by atoms with van der Waals surface area (Å²) >= 11 is 6.10. The molecule has 0 aliphatic heterocycles. The van der Waals surface area contributed by atoms with Crippen LogP contribution in [0.2, 0.25) is 5.02 Å². The van der Waals surface area contributed by atoms with Gasteiger partial charge in [-0.15, -0.1) is 5.10 Å². The van der Waals surface area contributed by atoms with Gasteiger partial charge in [-0.05, 0) is 34.2 Å². The topological polar surface area (TPSA) is 133 Å². The zero-order valence-corrected chi connectivity index (χ0v) is 24.5. The molecule has 0 fully saturated rings. The van der Waals surface area contributed by atoms with Gasteiger partial charge >= 0.3 is 0 Å². The molecule has 0 radical (unpaired) electrons. The average molecular weight is 619 g/mol. The molecule has 0 spiro atoms. The second kappa shape index (κ2) is 11.1. The van der Waals surface area contributed by atoms with E-state index in [1.807, 2.05) is 20.8 Å². The van der Waals surface area contributed by atoms with Crippen LogP contribution in [0.1, 0.15) is 38.2 Å². The molecule has 0 saturated heterocycles. The molecule has 6 rings (SSSR count). The fourth-order valence-corrected chi connectivity index (χ4v) is 5.13. The van der Waals surface area contributed by atoms with Gasteiger partial charge < -0.3 is 10.4 Å². The van der Waals surface area contributed by atoms with Crippen LogP contribution in [0.15, 0.2) is 79.9 Å². The number of aromatic nitrogens is 10. The maximum absolute atomic E-state index is 15.4. The van der Waals surface area contributed by atoms with Gasteiger partial charge in [-0.25, -0.2) is 8.78 Å². The van der Waals surface area contributed by atoms with E-state index in [0.29, 0.717) is 16.0 Å². The van der Waals surface area contributed by atoms with Crippen molar-refractivity contribution >= 4 is 11.6 Å². The first-order chi connectivity index (χ1) is 21.0. The van der Waals surface area contributed by atoms with Crippen LogP contribution >= 0.6 is 11.6 Å². The molecule has 5 heterocycles. The van der Waals surface area contributed by atoms with Crippen LogP contribution in [-0.4, -0.2) is 39.8 Å². The predicted molar refractivity (Wildman–Crippen MR) is 154 cm³/mol. The maximum Gasteiger partial charge on any atom is 0.219 e. The van der Waals surface area contributed by atoms with E-state index in [0.717, 1.165) is 16.5 Å². The van der Waals surface area contributed by atoms with Gasteiger partial charge in [-0.2, -0.15) is 24.3 Å². The minimum absolute atomic E-state index is 0.0300. The number of hydrogen-bond acceptors (Lipinski definition) is 7. The molecule has 6 aromatic rings. The molecule has 0 aliphatic carbocycles. The number of nitrogens with zero attached hydrogens (tertiary/aromatic N) is 10. The standard InChI is InChI=1S/C29H25ClF2N10O2/c1-29(2,3)26-10-18(8-9-41(26)43)20-11-35-39(13-20)25(16-38-15-21(31)12-34-38)23-6-4-19(14-42(23)44)27-24(40-17-33-36-37-40)7-5-22(30)28(27)32/h4-15,17,25H,16H2,1-3H3. The fourth-order valence-electron chi connectivity index (χ4n) is 4.98. The van der Waals surface area contributed by atoms with E-state index in [-0.39, 0.29) is 34.1 Å². The van der Waals surface area contributed by atoms with E-state index >= 15 is 4.39 Å². The van der Waals surface area contributed by atoms with E-state index in [4.69, 9.17) is 11.6 Å². The number of pyridine rings is 2. The zero-order valence-electron chi connectivity index (χ0n) is 23.7. The first-order valence-corrected chi connectivity index (χ1v) is 13.8. The maximum atomic E-state index is 15.4. The molecule has 0 amide bonds. The highest BCUT2D eigenvalue weighted by atomic mass is 35.5. The Balaban J connectivity index is 1.43. The normalized spacial score (nSPS) is 12.5. The van der Waals surface area contributed by atoms with Crippen molar-refractivity contribution in [3.8, 4) is 27.9 Å². The van der Waals surface area contributed by atoms with Crippen LogP contribution in [0.5, 0.6) is 0 Å². The quantitative estimate of drug-likeness (QED) is 0.194. The average Bonchev–Trinajstić information content (AvgIpc) is 3.76. The summed E-state index contributed by atoms with van der Waals surface area (Å²) in [5, 5.41) is 45.5. The first kappa shape index (κ1) is 28.9. The van der Waals surface area contributed by atoms with Gasteiger partial charge in [0.25, 0.3) is 0 Å². The van der Waals surface area contributed by atoms with Crippen LogP contribution in [0, 0.1) is 22.0 Å². The zero-order chi connectivity index (χ0) is 31.2. The van der Waals surface area contributed by atoms with Crippen LogP contribution in [0.4, 0.5) is 8.78 Å². The highest BCUT2D eigenvalue weighted by Gasteiger charge is 2.28. The summed E-state index contributed by atoms with van der Waals surface area (Å²) in [7, 11) is 0. The van der Waals surface area contributed by atoms with E-state index in [9.17, 15) is 14.8 Å². The third kappa shape index (κ3) is 5.46. The molecule has 1 aromatic carbocycles. The molecule has 44 heavy (non-hydrogen) atoms. The van der Waals surface area contributed by atoms with E-state index in [1.54, 1.807) is 47.4 Å². The SMILES string of the molecule is CC(C)(C)c1cc(-c2cnn(C(Cn3cc(F)cn3)c3ccc(-c4c(-n5cnnn5)ccc(Cl)c4F)c[n+]3[O-])c2)cc[n+]1[O-]. The first-order valence-electron chi connectivity index (χ1n) is 13.4. The van der Waals surface area contributed by atoms with Crippen LogP contribution in [0.25, 0.3) is 27.9 Å². The highest BCUT2D eigenvalue weighted by Crippen LogP contribution is 2.34.